The van der Waals surface area contributed by atoms with E-state index in [1.165, 1.54) is 0 Å². The molecule has 174 valence electrons. The van der Waals surface area contributed by atoms with Gasteiger partial charge in [0.15, 0.2) is 0 Å². The van der Waals surface area contributed by atoms with Crippen LogP contribution >= 0.6 is 0 Å². The van der Waals surface area contributed by atoms with Gasteiger partial charge in [-0.15, -0.1) is 0 Å². The number of nitrogens with zero attached hydrogens (tertiary/aromatic N) is 6. The van der Waals surface area contributed by atoms with Gasteiger partial charge in [-0.05, 0) is 50.9 Å². The zero-order chi connectivity index (χ0) is 23.2. The van der Waals surface area contributed by atoms with Crippen LogP contribution in [0.1, 0.15) is 29.7 Å². The fourth-order valence-corrected chi connectivity index (χ4v) is 4.47. The fraction of sp³-hybridized carbons (Fsp3) is 0.520. The van der Waals surface area contributed by atoms with Crippen LogP contribution in [0, 0.1) is 24.2 Å². The van der Waals surface area contributed by atoms with E-state index < -0.39 is 0 Å². The molecule has 2 aliphatic heterocycles. The normalized spacial score (nSPS) is 19.2. The average Bonchev–Trinajstić information content (AvgIpc) is 2.84. The van der Waals surface area contributed by atoms with E-state index >= 15 is 0 Å². The molecule has 1 amide bonds. The summed E-state index contributed by atoms with van der Waals surface area (Å²) in [6.07, 6.45) is 2.59. The molecule has 1 aromatic carbocycles. The molecule has 1 N–H and O–H groups in total. The van der Waals surface area contributed by atoms with E-state index in [9.17, 15) is 4.79 Å². The van der Waals surface area contributed by atoms with Crippen LogP contribution in [-0.2, 0) is 11.2 Å². The van der Waals surface area contributed by atoms with Crippen molar-refractivity contribution in [1.29, 1.82) is 5.26 Å². The number of hydrogen-bond acceptors (Lipinski definition) is 7. The number of aromatic nitrogens is 2. The topological polar surface area (TPSA) is 88.4 Å². The summed E-state index contributed by atoms with van der Waals surface area (Å²) in [6, 6.07) is 11.7. The number of piperazine rings is 1. The fourth-order valence-electron chi connectivity index (χ4n) is 4.47. The molecule has 2 saturated heterocycles. The number of aryl methyl sites for hydroxylation is 1. The second-order valence-electron chi connectivity index (χ2n) is 9.09. The van der Waals surface area contributed by atoms with Gasteiger partial charge in [-0.3, -0.25) is 4.79 Å². The number of benzene rings is 1. The molecular weight excluding hydrogens is 414 g/mol. The second-order valence-corrected chi connectivity index (χ2v) is 9.09. The lowest BCUT2D eigenvalue weighted by atomic mass is 9.97. The summed E-state index contributed by atoms with van der Waals surface area (Å²) >= 11 is 0. The molecule has 2 aromatic rings. The van der Waals surface area contributed by atoms with E-state index in [0.29, 0.717) is 18.7 Å². The van der Waals surface area contributed by atoms with Crippen molar-refractivity contribution in [1.82, 2.24) is 20.2 Å². The van der Waals surface area contributed by atoms with E-state index in [-0.39, 0.29) is 11.8 Å². The van der Waals surface area contributed by atoms with Gasteiger partial charge in [0.05, 0.1) is 17.6 Å². The van der Waals surface area contributed by atoms with Crippen LogP contribution in [0.25, 0.3) is 0 Å². The van der Waals surface area contributed by atoms with Crippen LogP contribution in [0.4, 0.5) is 11.8 Å². The SMILES string of the molecule is Cc1cc(N2CCN(C)CC2)nc(N2CCC[C@@H](C(=O)NCCc3ccc(C#N)cc3)C2)n1. The summed E-state index contributed by atoms with van der Waals surface area (Å²) < 4.78 is 0. The minimum Gasteiger partial charge on any atom is -0.355 e. The largest absolute Gasteiger partial charge is 0.355 e. The minimum atomic E-state index is -0.0593. The molecule has 0 saturated carbocycles. The molecule has 0 spiro atoms. The molecular formula is C25H33N7O. The van der Waals surface area contributed by atoms with Crippen molar-refractivity contribution in [2.24, 2.45) is 5.92 Å². The molecule has 0 bridgehead atoms. The highest BCUT2D eigenvalue weighted by Gasteiger charge is 2.28. The van der Waals surface area contributed by atoms with Crippen molar-refractivity contribution in [3.05, 3.63) is 47.2 Å². The molecule has 0 radical (unpaired) electrons. The monoisotopic (exact) mass is 447 g/mol. The Hall–Kier alpha value is -3.18. The molecule has 1 atom stereocenters. The third-order valence-corrected chi connectivity index (χ3v) is 6.53. The van der Waals surface area contributed by atoms with Crippen LogP contribution in [0.5, 0.6) is 0 Å². The summed E-state index contributed by atoms with van der Waals surface area (Å²) in [4.78, 5) is 29.3. The van der Waals surface area contributed by atoms with Crippen LogP contribution in [0.15, 0.2) is 30.3 Å². The number of amides is 1. The van der Waals surface area contributed by atoms with Crippen molar-refractivity contribution >= 4 is 17.7 Å². The van der Waals surface area contributed by atoms with E-state index in [2.05, 4.69) is 39.2 Å². The van der Waals surface area contributed by atoms with Crippen molar-refractivity contribution in [2.75, 3.05) is 62.7 Å². The molecule has 2 aliphatic rings. The summed E-state index contributed by atoms with van der Waals surface area (Å²) in [5.74, 6) is 1.76. The van der Waals surface area contributed by atoms with Crippen LogP contribution < -0.4 is 15.1 Å². The van der Waals surface area contributed by atoms with Crippen molar-refractivity contribution in [3.63, 3.8) is 0 Å². The Balaban J connectivity index is 1.33. The average molecular weight is 448 g/mol. The Morgan fingerprint density at radius 3 is 2.61 bits per heavy atom. The molecule has 3 heterocycles. The van der Waals surface area contributed by atoms with Gasteiger partial charge in [-0.2, -0.15) is 10.2 Å². The van der Waals surface area contributed by atoms with Crippen molar-refractivity contribution < 1.29 is 4.79 Å². The molecule has 8 heteroatoms. The van der Waals surface area contributed by atoms with Gasteiger partial charge in [-0.1, -0.05) is 12.1 Å². The predicted molar refractivity (Wildman–Crippen MR) is 129 cm³/mol. The summed E-state index contributed by atoms with van der Waals surface area (Å²) in [6.45, 7) is 8.14. The summed E-state index contributed by atoms with van der Waals surface area (Å²) in [5, 5.41) is 12.0. The number of nitriles is 1. The van der Waals surface area contributed by atoms with E-state index in [0.717, 1.165) is 75.0 Å². The first-order valence-electron chi connectivity index (χ1n) is 11.8. The molecule has 4 rings (SSSR count). The number of carbonyl (C=O) groups excluding carboxylic acids is 1. The first-order valence-corrected chi connectivity index (χ1v) is 11.8. The lowest BCUT2D eigenvalue weighted by molar-refractivity contribution is -0.125. The Bertz CT molecular complexity index is 993. The summed E-state index contributed by atoms with van der Waals surface area (Å²) in [5.41, 5.74) is 2.73. The lowest BCUT2D eigenvalue weighted by Gasteiger charge is -2.35. The van der Waals surface area contributed by atoms with Crippen molar-refractivity contribution in [3.8, 4) is 6.07 Å². The van der Waals surface area contributed by atoms with Gasteiger partial charge in [0.2, 0.25) is 11.9 Å². The molecule has 0 unspecified atom stereocenters. The highest BCUT2D eigenvalue weighted by atomic mass is 16.1. The molecule has 33 heavy (non-hydrogen) atoms. The van der Waals surface area contributed by atoms with Gasteiger partial charge in [0.25, 0.3) is 0 Å². The Morgan fingerprint density at radius 2 is 1.88 bits per heavy atom. The third kappa shape index (κ3) is 5.99. The van der Waals surface area contributed by atoms with Gasteiger partial charge in [0, 0.05) is 57.6 Å². The Morgan fingerprint density at radius 1 is 1.12 bits per heavy atom. The lowest BCUT2D eigenvalue weighted by Crippen LogP contribution is -2.46. The van der Waals surface area contributed by atoms with E-state index in [1.54, 1.807) is 0 Å². The standard InChI is InChI=1S/C25H33N7O/c1-19-16-23(31-14-12-30(2)13-15-31)29-25(28-19)32-11-3-4-22(18-32)24(33)27-10-9-20-5-7-21(17-26)8-6-20/h5-8,16,22H,3-4,9-15,18H2,1-2H3,(H,27,33)/t22-/m1/s1. The van der Waals surface area contributed by atoms with Crippen LogP contribution in [0.3, 0.4) is 0 Å². The number of carbonyl (C=O) groups is 1. The zero-order valence-electron chi connectivity index (χ0n) is 19.6. The molecule has 0 aliphatic carbocycles. The smallest absolute Gasteiger partial charge is 0.227 e. The highest BCUT2D eigenvalue weighted by molar-refractivity contribution is 5.79. The molecule has 2 fully saturated rings. The van der Waals surface area contributed by atoms with Gasteiger partial charge in [-0.25, -0.2) is 4.98 Å². The van der Waals surface area contributed by atoms with Crippen LogP contribution in [0.2, 0.25) is 0 Å². The van der Waals surface area contributed by atoms with Gasteiger partial charge < -0.3 is 20.0 Å². The number of piperidine rings is 1. The minimum absolute atomic E-state index is 0.0593. The van der Waals surface area contributed by atoms with Crippen LogP contribution in [-0.4, -0.2) is 73.6 Å². The molecule has 1 aromatic heterocycles. The van der Waals surface area contributed by atoms with Gasteiger partial charge in [0.1, 0.15) is 5.82 Å². The number of rotatable bonds is 6. The Kier molecular flexibility index (Phi) is 7.40. The first-order chi connectivity index (χ1) is 16.0. The number of hydrogen-bond donors (Lipinski definition) is 1. The maximum absolute atomic E-state index is 12.8. The second kappa shape index (κ2) is 10.6. The first kappa shape index (κ1) is 23.0. The van der Waals surface area contributed by atoms with E-state index in [4.69, 9.17) is 15.2 Å². The number of likely N-dealkylation sites (N-methyl/N-ethyl adjacent to an activating group) is 1. The Labute approximate surface area is 196 Å². The highest BCUT2D eigenvalue weighted by Crippen LogP contribution is 2.24. The number of anilines is 2. The quantitative estimate of drug-likeness (QED) is 0.724. The van der Waals surface area contributed by atoms with E-state index in [1.807, 2.05) is 31.2 Å². The van der Waals surface area contributed by atoms with Crippen molar-refractivity contribution in [2.45, 2.75) is 26.2 Å². The third-order valence-electron chi connectivity index (χ3n) is 6.53. The maximum atomic E-state index is 12.8. The molecule has 8 nitrogen and oxygen atoms in total. The van der Waals surface area contributed by atoms with Gasteiger partial charge >= 0.3 is 0 Å². The maximum Gasteiger partial charge on any atom is 0.227 e. The number of nitrogens with one attached hydrogen (secondary N) is 1. The predicted octanol–water partition coefficient (Wildman–Crippen LogP) is 1.98. The summed E-state index contributed by atoms with van der Waals surface area (Å²) in [7, 11) is 2.15. The zero-order valence-corrected chi connectivity index (χ0v) is 19.6.